The van der Waals surface area contributed by atoms with Gasteiger partial charge in [-0.3, -0.25) is 14.4 Å². The van der Waals surface area contributed by atoms with Gasteiger partial charge in [-0.05, 0) is 11.1 Å². The number of carbonyl (C=O) groups excluding carboxylic acids is 3. The highest BCUT2D eigenvalue weighted by molar-refractivity contribution is 6.02. The van der Waals surface area contributed by atoms with E-state index in [1.807, 2.05) is 60.7 Å². The summed E-state index contributed by atoms with van der Waals surface area (Å²) >= 11 is 0. The number of hydrogen-bond donors (Lipinski definition) is 0. The first-order valence-electron chi connectivity index (χ1n) is 9.28. The molecule has 0 amide bonds. The van der Waals surface area contributed by atoms with Gasteiger partial charge < -0.3 is 9.47 Å². The Morgan fingerprint density at radius 2 is 1.07 bits per heavy atom. The molecule has 4 atom stereocenters. The Morgan fingerprint density at radius 1 is 0.679 bits per heavy atom. The van der Waals surface area contributed by atoms with E-state index < -0.39 is 35.6 Å². The standard InChI is InChI=1S/C23H20O5/c24-21-17-11-12-18(21)20(23(26)28-14-16-9-5-2-6-10-16)19(17)22(25)27-13-15-7-3-1-4-8-15/h1-12,17-20H,13-14H2/t17?,18?,19-,20+. The number of carbonyl (C=O) groups is 3. The van der Waals surface area contributed by atoms with Crippen molar-refractivity contribution < 1.29 is 23.9 Å². The predicted molar refractivity (Wildman–Crippen MR) is 101 cm³/mol. The third kappa shape index (κ3) is 3.48. The first kappa shape index (κ1) is 18.2. The molecule has 0 radical (unpaired) electrons. The summed E-state index contributed by atoms with van der Waals surface area (Å²) in [4.78, 5) is 37.9. The van der Waals surface area contributed by atoms with Crippen LogP contribution in [0.15, 0.2) is 72.8 Å². The van der Waals surface area contributed by atoms with Crippen molar-refractivity contribution in [2.45, 2.75) is 13.2 Å². The minimum absolute atomic E-state index is 0.108. The average molecular weight is 376 g/mol. The molecular formula is C23H20O5. The monoisotopic (exact) mass is 376 g/mol. The van der Waals surface area contributed by atoms with Gasteiger partial charge in [-0.25, -0.2) is 0 Å². The minimum atomic E-state index is -0.825. The summed E-state index contributed by atoms with van der Waals surface area (Å²) in [7, 11) is 0. The van der Waals surface area contributed by atoms with Gasteiger partial charge in [0.2, 0.25) is 0 Å². The van der Waals surface area contributed by atoms with Crippen molar-refractivity contribution in [2.24, 2.45) is 23.7 Å². The van der Waals surface area contributed by atoms with Crippen molar-refractivity contribution in [1.29, 1.82) is 0 Å². The Labute approximate surface area is 163 Å². The van der Waals surface area contributed by atoms with E-state index in [2.05, 4.69) is 0 Å². The molecule has 142 valence electrons. The second-order valence-electron chi connectivity index (χ2n) is 7.08. The number of benzene rings is 2. The Bertz CT molecular complexity index is 830. The summed E-state index contributed by atoms with van der Waals surface area (Å²) in [6.45, 7) is 0.217. The molecule has 2 aromatic rings. The molecule has 2 bridgehead atoms. The molecule has 5 heteroatoms. The van der Waals surface area contributed by atoms with E-state index in [9.17, 15) is 14.4 Å². The van der Waals surface area contributed by atoms with Crippen LogP contribution in [-0.4, -0.2) is 17.7 Å². The number of hydrogen-bond acceptors (Lipinski definition) is 5. The second-order valence-corrected chi connectivity index (χ2v) is 7.08. The van der Waals surface area contributed by atoms with Crippen molar-refractivity contribution in [2.75, 3.05) is 0 Å². The van der Waals surface area contributed by atoms with Gasteiger partial charge in [0.25, 0.3) is 0 Å². The molecule has 4 rings (SSSR count). The molecule has 2 unspecified atom stereocenters. The maximum Gasteiger partial charge on any atom is 0.311 e. The summed E-state index contributed by atoms with van der Waals surface area (Å²) in [6.07, 6.45) is 3.42. The van der Waals surface area contributed by atoms with Gasteiger partial charge in [0.1, 0.15) is 19.0 Å². The fourth-order valence-corrected chi connectivity index (χ4v) is 3.93. The quantitative estimate of drug-likeness (QED) is 0.572. The largest absolute Gasteiger partial charge is 0.461 e. The number of rotatable bonds is 6. The van der Waals surface area contributed by atoms with Crippen molar-refractivity contribution >= 4 is 17.7 Å². The van der Waals surface area contributed by atoms with Gasteiger partial charge in [-0.1, -0.05) is 72.8 Å². The molecule has 0 aliphatic heterocycles. The number of fused-ring (bicyclic) bond motifs is 2. The molecule has 1 fully saturated rings. The van der Waals surface area contributed by atoms with E-state index in [1.165, 1.54) is 0 Å². The predicted octanol–water partition coefficient (Wildman–Crippen LogP) is 3.09. The van der Waals surface area contributed by atoms with Crippen molar-refractivity contribution in [3.8, 4) is 0 Å². The molecule has 2 aliphatic rings. The SMILES string of the molecule is O=C1C2C=CC1[C@H](C(=O)OCc1ccccc1)[C@@H]2C(=O)OCc1ccccc1. The Morgan fingerprint density at radius 3 is 1.46 bits per heavy atom. The molecule has 2 aromatic carbocycles. The average Bonchev–Trinajstić information content (AvgIpc) is 3.24. The zero-order chi connectivity index (χ0) is 19.5. The Kier molecular flexibility index (Phi) is 5.06. The summed E-state index contributed by atoms with van der Waals surface area (Å²) in [5, 5.41) is 0. The summed E-state index contributed by atoms with van der Waals surface area (Å²) in [6, 6.07) is 18.6. The lowest BCUT2D eigenvalue weighted by Gasteiger charge is -2.23. The topological polar surface area (TPSA) is 69.7 Å². The van der Waals surface area contributed by atoms with Crippen LogP contribution in [0.4, 0.5) is 0 Å². The molecule has 0 heterocycles. The van der Waals surface area contributed by atoms with Gasteiger partial charge in [0, 0.05) is 0 Å². The summed E-state index contributed by atoms with van der Waals surface area (Å²) in [5.74, 6) is -4.04. The van der Waals surface area contributed by atoms with E-state index in [4.69, 9.17) is 9.47 Å². The Hall–Kier alpha value is -3.21. The van der Waals surface area contributed by atoms with Crippen LogP contribution in [-0.2, 0) is 37.1 Å². The van der Waals surface area contributed by atoms with E-state index in [1.54, 1.807) is 12.2 Å². The van der Waals surface area contributed by atoms with Gasteiger partial charge in [-0.2, -0.15) is 0 Å². The zero-order valence-electron chi connectivity index (χ0n) is 15.2. The van der Waals surface area contributed by atoms with Gasteiger partial charge in [-0.15, -0.1) is 0 Å². The fraction of sp³-hybridized carbons (Fsp3) is 0.261. The third-order valence-electron chi connectivity index (χ3n) is 5.34. The number of Topliss-reactive ketones (excluding diaryl/α,β-unsaturated/α-hetero) is 1. The summed E-state index contributed by atoms with van der Waals surface area (Å²) < 4.78 is 10.8. The number of ketones is 1. The Balaban J connectivity index is 1.45. The number of esters is 2. The van der Waals surface area contributed by atoms with Gasteiger partial charge >= 0.3 is 11.9 Å². The van der Waals surface area contributed by atoms with E-state index in [-0.39, 0.29) is 19.0 Å². The lowest BCUT2D eigenvalue weighted by molar-refractivity contribution is -0.162. The molecule has 0 saturated heterocycles. The lowest BCUT2D eigenvalue weighted by atomic mass is 9.83. The molecule has 0 aromatic heterocycles. The zero-order valence-corrected chi connectivity index (χ0v) is 15.2. The second kappa shape index (κ2) is 7.80. The van der Waals surface area contributed by atoms with Crippen LogP contribution in [0.1, 0.15) is 11.1 Å². The first-order chi connectivity index (χ1) is 13.6. The van der Waals surface area contributed by atoms with Crippen LogP contribution < -0.4 is 0 Å². The third-order valence-corrected chi connectivity index (χ3v) is 5.34. The van der Waals surface area contributed by atoms with Gasteiger partial charge in [0.05, 0.1) is 23.7 Å². The van der Waals surface area contributed by atoms with Crippen LogP contribution in [0.2, 0.25) is 0 Å². The van der Waals surface area contributed by atoms with Crippen LogP contribution in [0.5, 0.6) is 0 Å². The normalized spacial score (nSPS) is 24.9. The van der Waals surface area contributed by atoms with Crippen LogP contribution in [0.25, 0.3) is 0 Å². The molecule has 0 N–H and O–H groups in total. The van der Waals surface area contributed by atoms with Crippen LogP contribution >= 0.6 is 0 Å². The molecular weight excluding hydrogens is 356 g/mol. The molecule has 2 aliphatic carbocycles. The fourth-order valence-electron chi connectivity index (χ4n) is 3.93. The van der Waals surface area contributed by atoms with E-state index in [0.29, 0.717) is 0 Å². The van der Waals surface area contributed by atoms with Gasteiger partial charge in [0.15, 0.2) is 0 Å². The van der Waals surface area contributed by atoms with Crippen LogP contribution in [0.3, 0.4) is 0 Å². The minimum Gasteiger partial charge on any atom is -0.461 e. The molecule has 0 spiro atoms. The van der Waals surface area contributed by atoms with Crippen molar-refractivity contribution in [3.05, 3.63) is 83.9 Å². The van der Waals surface area contributed by atoms with E-state index in [0.717, 1.165) is 11.1 Å². The van der Waals surface area contributed by atoms with Crippen molar-refractivity contribution in [3.63, 3.8) is 0 Å². The maximum absolute atomic E-state index is 12.7. The molecule has 5 nitrogen and oxygen atoms in total. The van der Waals surface area contributed by atoms with E-state index >= 15 is 0 Å². The maximum atomic E-state index is 12.7. The number of ether oxygens (including phenoxy) is 2. The first-order valence-corrected chi connectivity index (χ1v) is 9.28. The van der Waals surface area contributed by atoms with Crippen LogP contribution in [0, 0.1) is 23.7 Å². The highest BCUT2D eigenvalue weighted by atomic mass is 16.5. The number of allylic oxidation sites excluding steroid dienone is 2. The van der Waals surface area contributed by atoms with Crippen molar-refractivity contribution in [1.82, 2.24) is 0 Å². The molecule has 1 saturated carbocycles. The smallest absolute Gasteiger partial charge is 0.311 e. The molecule has 28 heavy (non-hydrogen) atoms. The summed E-state index contributed by atoms with van der Waals surface area (Å²) in [5.41, 5.74) is 1.70. The lowest BCUT2D eigenvalue weighted by Crippen LogP contribution is -2.35. The highest BCUT2D eigenvalue weighted by Crippen LogP contribution is 2.46. The highest BCUT2D eigenvalue weighted by Gasteiger charge is 2.58.